The molecule has 0 aromatic carbocycles. The maximum absolute atomic E-state index is 8.91. The molecule has 0 unspecified atom stereocenters. The molecule has 53 heavy (non-hydrogen) atoms. The van der Waals surface area contributed by atoms with Crippen LogP contribution in [0.5, 0.6) is 23.0 Å². The first kappa shape index (κ1) is 48.9. The predicted molar refractivity (Wildman–Crippen MR) is 227 cm³/mol. The summed E-state index contributed by atoms with van der Waals surface area (Å²) < 4.78 is 22.9. The van der Waals surface area contributed by atoms with Gasteiger partial charge >= 0.3 is 0 Å². The van der Waals surface area contributed by atoms with E-state index in [1.165, 1.54) is 30.7 Å². The third kappa shape index (κ3) is 24.8. The Bertz CT molecular complexity index is 1740. The highest BCUT2D eigenvalue weighted by Crippen LogP contribution is 2.26. The lowest BCUT2D eigenvalue weighted by atomic mass is 10.3. The summed E-state index contributed by atoms with van der Waals surface area (Å²) in [5.74, 6) is 6.99. The summed E-state index contributed by atoms with van der Waals surface area (Å²) in [5, 5.41) is 19.5. The first-order valence-electron chi connectivity index (χ1n) is 15.9. The summed E-state index contributed by atoms with van der Waals surface area (Å²) in [6.45, 7) is 17.5. The summed E-state index contributed by atoms with van der Waals surface area (Å²) >= 11 is 28.9. The Morgan fingerprint density at radius 3 is 1.57 bits per heavy atom. The van der Waals surface area contributed by atoms with Crippen LogP contribution in [-0.4, -0.2) is 73.1 Å². The summed E-state index contributed by atoms with van der Waals surface area (Å²) in [5.41, 5.74) is 0.584. The van der Waals surface area contributed by atoms with Gasteiger partial charge in [0, 0.05) is 78.4 Å². The Balaban J connectivity index is 0.000000375. The highest BCUT2D eigenvalue weighted by atomic mass is 79.9. The monoisotopic (exact) mass is 970 g/mol. The first-order chi connectivity index (χ1) is 24.8. The summed E-state index contributed by atoms with van der Waals surface area (Å²) in [4.78, 5) is 15.5. The van der Waals surface area contributed by atoms with E-state index in [2.05, 4.69) is 103 Å². The van der Waals surface area contributed by atoms with Crippen molar-refractivity contribution in [3.63, 3.8) is 0 Å². The normalized spacial score (nSPS) is 10.6. The van der Waals surface area contributed by atoms with Crippen molar-refractivity contribution in [3.05, 3.63) is 90.2 Å². The average molecular weight is 975 g/mol. The van der Waals surface area contributed by atoms with Gasteiger partial charge in [-0.3, -0.25) is 4.98 Å². The number of aromatic hydroxyl groups is 2. The Hall–Kier alpha value is -2.17. The number of halogens is 6. The minimum atomic E-state index is -1.06. The topological polar surface area (TPSA) is 129 Å². The van der Waals surface area contributed by atoms with Crippen molar-refractivity contribution in [2.45, 2.75) is 58.3 Å². The maximum Gasteiger partial charge on any atom is 0.189 e. The molecule has 0 amide bonds. The number of rotatable bonds is 12. The number of hydrogen-bond acceptors (Lipinski definition) is 10. The van der Waals surface area contributed by atoms with Gasteiger partial charge in [0.05, 0.1) is 26.3 Å². The van der Waals surface area contributed by atoms with Crippen molar-refractivity contribution < 1.29 is 29.2 Å². The molecule has 0 spiro atoms. The van der Waals surface area contributed by atoms with Crippen molar-refractivity contribution >= 4 is 94.4 Å². The van der Waals surface area contributed by atoms with Crippen LogP contribution in [0, 0.1) is 11.8 Å². The molecule has 10 nitrogen and oxygen atoms in total. The zero-order valence-electron chi connectivity index (χ0n) is 30.5. The van der Waals surface area contributed by atoms with Crippen LogP contribution in [0.2, 0.25) is 71.5 Å². The smallest absolute Gasteiger partial charge is 0.189 e. The maximum atomic E-state index is 8.91. The van der Waals surface area contributed by atoms with Crippen LogP contribution < -0.4 is 9.47 Å². The summed E-state index contributed by atoms with van der Waals surface area (Å²) in [6.07, 6.45) is 7.35. The van der Waals surface area contributed by atoms with Crippen LogP contribution in [0.1, 0.15) is 12.6 Å². The molecule has 0 aliphatic heterocycles. The van der Waals surface area contributed by atoms with Gasteiger partial charge in [-0.05, 0) is 56.8 Å². The van der Waals surface area contributed by atoms with Gasteiger partial charge in [-0.25, -0.2) is 15.0 Å². The van der Waals surface area contributed by atoms with Crippen LogP contribution in [0.4, 0.5) is 0 Å². The van der Waals surface area contributed by atoms with E-state index in [0.29, 0.717) is 46.5 Å². The largest absolute Gasteiger partial charge is 0.506 e. The zero-order valence-corrected chi connectivity index (χ0v) is 38.7. The van der Waals surface area contributed by atoms with E-state index < -0.39 is 16.1 Å². The molecular formula is C35H44Br2Cl4N4O6Si2. The van der Waals surface area contributed by atoms with Gasteiger partial charge in [-0.15, -0.1) is 0 Å². The second-order valence-electron chi connectivity index (χ2n) is 13.1. The molecule has 4 aromatic heterocycles. The van der Waals surface area contributed by atoms with Crippen LogP contribution in [-0.2, 0) is 9.47 Å². The molecule has 0 bridgehead atoms. The lowest BCUT2D eigenvalue weighted by molar-refractivity contribution is 0.0212. The van der Waals surface area contributed by atoms with Crippen molar-refractivity contribution in [2.24, 2.45) is 0 Å². The molecule has 0 atom stereocenters. The molecule has 0 aliphatic rings. The molecular weight excluding hydrogens is 930 g/mol. The molecule has 290 valence electrons. The quantitative estimate of drug-likeness (QED) is 0.0465. The number of ether oxygens (including phenoxy) is 4. The van der Waals surface area contributed by atoms with Gasteiger partial charge in [-0.1, -0.05) is 91.6 Å². The van der Waals surface area contributed by atoms with Gasteiger partial charge in [0.2, 0.25) is 0 Å². The molecule has 0 fully saturated rings. The van der Waals surface area contributed by atoms with Crippen LogP contribution in [0.3, 0.4) is 0 Å². The SMILES string of the molecule is CC#Cc1ncc(Cl)cc1OCOCC[Si](C)(C)C.C[Si](C)(C)CCOCOc1cc(Cl)cnc1Br.Oc1cc(Cl)cnc1Br.Oc1cncc(Cl)c1. The zero-order chi connectivity index (χ0) is 40.0. The third-order valence-corrected chi connectivity index (χ3v) is 11.3. The van der Waals surface area contributed by atoms with E-state index in [-0.39, 0.29) is 25.1 Å². The fourth-order valence-electron chi connectivity index (χ4n) is 3.15. The Morgan fingerprint density at radius 2 is 1.11 bits per heavy atom. The minimum absolute atomic E-state index is 0.0579. The van der Waals surface area contributed by atoms with E-state index in [4.69, 9.17) is 75.6 Å². The highest BCUT2D eigenvalue weighted by molar-refractivity contribution is 9.10. The number of aromatic nitrogens is 4. The summed E-state index contributed by atoms with van der Waals surface area (Å²) in [7, 11) is -2.08. The fraction of sp³-hybridized carbons (Fsp3) is 0.371. The van der Waals surface area contributed by atoms with Crippen molar-refractivity contribution in [3.8, 4) is 34.8 Å². The van der Waals surface area contributed by atoms with Crippen LogP contribution in [0.25, 0.3) is 0 Å². The molecule has 2 N–H and O–H groups in total. The highest BCUT2D eigenvalue weighted by Gasteiger charge is 2.13. The lowest BCUT2D eigenvalue weighted by Gasteiger charge is -2.15. The van der Waals surface area contributed by atoms with Gasteiger partial charge in [0.1, 0.15) is 20.7 Å². The van der Waals surface area contributed by atoms with Gasteiger partial charge in [-0.2, -0.15) is 0 Å². The molecule has 4 rings (SSSR count). The Morgan fingerprint density at radius 1 is 0.642 bits per heavy atom. The van der Waals surface area contributed by atoms with Crippen LogP contribution >= 0.6 is 78.3 Å². The van der Waals surface area contributed by atoms with Crippen molar-refractivity contribution in [1.82, 2.24) is 19.9 Å². The minimum Gasteiger partial charge on any atom is -0.506 e. The lowest BCUT2D eigenvalue weighted by Crippen LogP contribution is -2.22. The number of nitrogens with zero attached hydrogens (tertiary/aromatic N) is 4. The Kier molecular flexibility index (Phi) is 23.8. The van der Waals surface area contributed by atoms with Crippen molar-refractivity contribution in [2.75, 3.05) is 26.8 Å². The van der Waals surface area contributed by atoms with E-state index in [1.807, 2.05) is 0 Å². The third-order valence-electron chi connectivity index (χ3n) is 5.90. The van der Waals surface area contributed by atoms with Gasteiger partial charge in [0.25, 0.3) is 0 Å². The van der Waals surface area contributed by atoms with E-state index in [9.17, 15) is 0 Å². The molecule has 0 radical (unpaired) electrons. The number of hydrogen-bond donors (Lipinski definition) is 2. The second-order valence-corrected chi connectivity index (χ2v) is 27.6. The fourth-order valence-corrected chi connectivity index (χ4v) is 5.82. The molecule has 4 aromatic rings. The van der Waals surface area contributed by atoms with E-state index >= 15 is 0 Å². The Labute approximate surface area is 351 Å². The predicted octanol–water partition coefficient (Wildman–Crippen LogP) is 11.6. The van der Waals surface area contributed by atoms with E-state index in [0.717, 1.165) is 25.3 Å². The summed E-state index contributed by atoms with van der Waals surface area (Å²) in [6, 6.07) is 8.50. The first-order valence-corrected chi connectivity index (χ1v) is 26.4. The van der Waals surface area contributed by atoms with Crippen LogP contribution in [0.15, 0.2) is 64.5 Å². The molecule has 0 aliphatic carbocycles. The molecule has 0 saturated carbocycles. The molecule has 18 heteroatoms. The molecule has 4 heterocycles. The molecule has 0 saturated heterocycles. The standard InChI is InChI=1S/C14H20ClNO2Si.C11H17BrClNO2Si.C5H3BrClNO.C5H4ClNO/c1-5-6-13-14(9-12(15)10-16-13)18-11-17-7-8-19(2,3)4;1-17(2,3)5-4-15-8-16-10-6-9(13)7-14-11(10)12;6-5-4(9)1-3(7)2-8-5;6-4-1-5(8)3-7-2-4/h9-10H,7-8,11H2,1-4H3;6-7H,4-5,8H2,1-3H3;1-2,9H;1-3,8H. The van der Waals surface area contributed by atoms with Gasteiger partial charge < -0.3 is 29.2 Å². The average Bonchev–Trinajstić information content (AvgIpc) is 3.05. The van der Waals surface area contributed by atoms with E-state index in [1.54, 1.807) is 31.5 Å². The second kappa shape index (κ2) is 25.8. The van der Waals surface area contributed by atoms with Gasteiger partial charge in [0.15, 0.2) is 30.8 Å². The van der Waals surface area contributed by atoms with Crippen molar-refractivity contribution in [1.29, 1.82) is 0 Å². The number of pyridine rings is 4.